The molecule has 1 aromatic carbocycles. The summed E-state index contributed by atoms with van der Waals surface area (Å²) in [6.07, 6.45) is -2.42. The zero-order valence-electron chi connectivity index (χ0n) is 12.4. The second kappa shape index (κ2) is 8.56. The standard InChI is InChI=1S/C15H22F2N2O2/c1-11(2)19(9-12-4-3-5-13(18)8-12)15(20)6-7-21-10-14(16)17/h3-5,8,11,14H,6-7,9-10,18H2,1-2H3. The minimum absolute atomic E-state index is 0.00330. The van der Waals surface area contributed by atoms with Crippen LogP contribution in [0.1, 0.15) is 25.8 Å². The van der Waals surface area contributed by atoms with Crippen molar-refractivity contribution >= 4 is 11.6 Å². The zero-order valence-corrected chi connectivity index (χ0v) is 12.4. The molecule has 1 amide bonds. The first-order valence-corrected chi connectivity index (χ1v) is 6.90. The fourth-order valence-corrected chi connectivity index (χ4v) is 1.92. The first-order valence-electron chi connectivity index (χ1n) is 6.90. The molecule has 2 N–H and O–H groups in total. The van der Waals surface area contributed by atoms with Crippen molar-refractivity contribution < 1.29 is 18.3 Å². The number of carbonyl (C=O) groups is 1. The van der Waals surface area contributed by atoms with E-state index in [1.165, 1.54) is 0 Å². The van der Waals surface area contributed by atoms with Gasteiger partial charge in [-0.2, -0.15) is 0 Å². The Morgan fingerprint density at radius 1 is 1.38 bits per heavy atom. The van der Waals surface area contributed by atoms with Crippen LogP contribution < -0.4 is 5.73 Å². The number of hydrogen-bond acceptors (Lipinski definition) is 3. The summed E-state index contributed by atoms with van der Waals surface area (Å²) in [5.41, 5.74) is 7.30. The largest absolute Gasteiger partial charge is 0.399 e. The molecule has 0 fully saturated rings. The van der Waals surface area contributed by atoms with Gasteiger partial charge in [-0.15, -0.1) is 0 Å². The number of alkyl halides is 2. The summed E-state index contributed by atoms with van der Waals surface area (Å²) in [5.74, 6) is -0.123. The molecule has 0 aliphatic carbocycles. The van der Waals surface area contributed by atoms with Gasteiger partial charge >= 0.3 is 0 Å². The second-order valence-electron chi connectivity index (χ2n) is 5.08. The predicted molar refractivity (Wildman–Crippen MR) is 78.0 cm³/mol. The van der Waals surface area contributed by atoms with E-state index in [9.17, 15) is 13.6 Å². The maximum Gasteiger partial charge on any atom is 0.261 e. The molecule has 0 atom stereocenters. The average molecular weight is 300 g/mol. The molecule has 1 aromatic rings. The van der Waals surface area contributed by atoms with Crippen molar-refractivity contribution in [1.82, 2.24) is 4.90 Å². The fourth-order valence-electron chi connectivity index (χ4n) is 1.92. The van der Waals surface area contributed by atoms with E-state index in [2.05, 4.69) is 0 Å². The van der Waals surface area contributed by atoms with E-state index < -0.39 is 13.0 Å². The monoisotopic (exact) mass is 300 g/mol. The normalized spacial score (nSPS) is 11.1. The van der Waals surface area contributed by atoms with Crippen molar-refractivity contribution in [3.05, 3.63) is 29.8 Å². The molecule has 0 saturated heterocycles. The van der Waals surface area contributed by atoms with Crippen molar-refractivity contribution in [2.24, 2.45) is 0 Å². The van der Waals surface area contributed by atoms with Gasteiger partial charge in [0, 0.05) is 18.3 Å². The lowest BCUT2D eigenvalue weighted by Gasteiger charge is -2.27. The molecular weight excluding hydrogens is 278 g/mol. The molecule has 21 heavy (non-hydrogen) atoms. The minimum Gasteiger partial charge on any atom is -0.399 e. The molecule has 4 nitrogen and oxygen atoms in total. The first kappa shape index (κ1) is 17.4. The van der Waals surface area contributed by atoms with Crippen molar-refractivity contribution in [1.29, 1.82) is 0 Å². The molecule has 0 unspecified atom stereocenters. The molecule has 0 aliphatic heterocycles. The number of carbonyl (C=O) groups excluding carboxylic acids is 1. The Kier molecular flexibility index (Phi) is 7.08. The number of hydrogen-bond donors (Lipinski definition) is 1. The van der Waals surface area contributed by atoms with Gasteiger partial charge in [-0.25, -0.2) is 8.78 Å². The molecule has 118 valence electrons. The number of benzene rings is 1. The Bertz CT molecular complexity index is 453. The van der Waals surface area contributed by atoms with Crippen molar-refractivity contribution in [2.45, 2.75) is 39.3 Å². The highest BCUT2D eigenvalue weighted by molar-refractivity contribution is 5.76. The van der Waals surface area contributed by atoms with Crippen LogP contribution >= 0.6 is 0 Å². The summed E-state index contributed by atoms with van der Waals surface area (Å²) in [4.78, 5) is 13.8. The van der Waals surface area contributed by atoms with Crippen LogP contribution in [0.25, 0.3) is 0 Å². The molecule has 0 saturated carbocycles. The number of anilines is 1. The van der Waals surface area contributed by atoms with Gasteiger partial charge < -0.3 is 15.4 Å². The summed E-state index contributed by atoms with van der Waals surface area (Å²) in [5, 5.41) is 0. The van der Waals surface area contributed by atoms with Gasteiger partial charge in [0.15, 0.2) is 0 Å². The zero-order chi connectivity index (χ0) is 15.8. The second-order valence-corrected chi connectivity index (χ2v) is 5.08. The van der Waals surface area contributed by atoms with Gasteiger partial charge in [0.25, 0.3) is 6.43 Å². The number of rotatable bonds is 8. The van der Waals surface area contributed by atoms with E-state index >= 15 is 0 Å². The van der Waals surface area contributed by atoms with Gasteiger partial charge in [-0.3, -0.25) is 4.79 Å². The highest BCUT2D eigenvalue weighted by atomic mass is 19.3. The lowest BCUT2D eigenvalue weighted by atomic mass is 10.1. The fraction of sp³-hybridized carbons (Fsp3) is 0.533. The summed E-state index contributed by atoms with van der Waals surface area (Å²) in [7, 11) is 0. The Morgan fingerprint density at radius 2 is 2.10 bits per heavy atom. The van der Waals surface area contributed by atoms with Gasteiger partial charge in [0.05, 0.1) is 13.0 Å². The molecule has 0 spiro atoms. The molecule has 0 aromatic heterocycles. The van der Waals surface area contributed by atoms with Crippen molar-refractivity contribution in [2.75, 3.05) is 18.9 Å². The van der Waals surface area contributed by atoms with E-state index in [4.69, 9.17) is 10.5 Å². The topological polar surface area (TPSA) is 55.6 Å². The maximum atomic E-state index is 12.1. The van der Waals surface area contributed by atoms with E-state index in [-0.39, 0.29) is 25.0 Å². The number of amides is 1. The van der Waals surface area contributed by atoms with Crippen LogP contribution in [-0.4, -0.2) is 36.5 Å². The Balaban J connectivity index is 2.54. The quantitative estimate of drug-likeness (QED) is 0.593. The summed E-state index contributed by atoms with van der Waals surface area (Å²) < 4.78 is 28.6. The van der Waals surface area contributed by atoms with Gasteiger partial charge in [-0.05, 0) is 31.5 Å². The average Bonchev–Trinajstić information content (AvgIpc) is 2.40. The summed E-state index contributed by atoms with van der Waals surface area (Å²) >= 11 is 0. The number of nitrogen functional groups attached to an aromatic ring is 1. The van der Waals surface area contributed by atoms with Gasteiger partial charge in [0.1, 0.15) is 6.61 Å². The van der Waals surface area contributed by atoms with Crippen molar-refractivity contribution in [3.8, 4) is 0 Å². The highest BCUT2D eigenvalue weighted by Gasteiger charge is 2.17. The van der Waals surface area contributed by atoms with Crippen LogP contribution in [0.5, 0.6) is 0 Å². The Hall–Kier alpha value is -1.69. The van der Waals surface area contributed by atoms with Crippen LogP contribution in [0, 0.1) is 0 Å². The van der Waals surface area contributed by atoms with Crippen LogP contribution in [0.15, 0.2) is 24.3 Å². The van der Waals surface area contributed by atoms with E-state index in [0.717, 1.165) is 5.56 Å². The minimum atomic E-state index is -2.51. The van der Waals surface area contributed by atoms with Crippen molar-refractivity contribution in [3.63, 3.8) is 0 Å². The summed E-state index contributed by atoms with van der Waals surface area (Å²) in [6.45, 7) is 3.62. The molecular formula is C15H22F2N2O2. The lowest BCUT2D eigenvalue weighted by molar-refractivity contribution is -0.135. The molecule has 0 heterocycles. The highest BCUT2D eigenvalue weighted by Crippen LogP contribution is 2.13. The number of nitrogens with two attached hydrogens (primary N) is 1. The first-order chi connectivity index (χ1) is 9.90. The number of halogens is 2. The Labute approximate surface area is 123 Å². The summed E-state index contributed by atoms with van der Waals surface area (Å²) in [6, 6.07) is 7.33. The molecule has 0 bridgehead atoms. The SMILES string of the molecule is CC(C)N(Cc1cccc(N)c1)C(=O)CCOCC(F)F. The number of ether oxygens (including phenoxy) is 1. The molecule has 0 radical (unpaired) electrons. The van der Waals surface area contributed by atoms with Crippen LogP contribution in [-0.2, 0) is 16.1 Å². The van der Waals surface area contributed by atoms with Gasteiger partial charge in [-0.1, -0.05) is 12.1 Å². The molecule has 0 aliphatic rings. The van der Waals surface area contributed by atoms with Crippen LogP contribution in [0.2, 0.25) is 0 Å². The van der Waals surface area contributed by atoms with Gasteiger partial charge in [0.2, 0.25) is 5.91 Å². The van der Waals surface area contributed by atoms with Crippen LogP contribution in [0.4, 0.5) is 14.5 Å². The van der Waals surface area contributed by atoms with E-state index in [1.54, 1.807) is 11.0 Å². The molecule has 6 heteroatoms. The maximum absolute atomic E-state index is 12.1. The van der Waals surface area contributed by atoms with Crippen LogP contribution in [0.3, 0.4) is 0 Å². The Morgan fingerprint density at radius 3 is 2.67 bits per heavy atom. The van der Waals surface area contributed by atoms with E-state index in [1.807, 2.05) is 32.0 Å². The number of nitrogens with zero attached hydrogens (tertiary/aromatic N) is 1. The third-order valence-electron chi connectivity index (χ3n) is 2.95. The third-order valence-corrected chi connectivity index (χ3v) is 2.95. The molecule has 1 rings (SSSR count). The third kappa shape index (κ3) is 6.53. The smallest absolute Gasteiger partial charge is 0.261 e. The van der Waals surface area contributed by atoms with E-state index in [0.29, 0.717) is 12.2 Å². The lowest BCUT2D eigenvalue weighted by Crippen LogP contribution is -2.37. The predicted octanol–water partition coefficient (Wildman–Crippen LogP) is 2.68.